The lowest BCUT2D eigenvalue weighted by Gasteiger charge is -2.16. The van der Waals surface area contributed by atoms with Gasteiger partial charge in [0.25, 0.3) is 0 Å². The number of carbonyl (C=O) groups is 1. The maximum absolute atomic E-state index is 11.1. The fraction of sp³-hybridized carbons (Fsp3) is 0.375. The van der Waals surface area contributed by atoms with Gasteiger partial charge < -0.3 is 9.67 Å². The van der Waals surface area contributed by atoms with Crippen molar-refractivity contribution in [1.82, 2.24) is 9.55 Å². The average molecular weight is 270 g/mol. The number of carboxylic acid groups (broad SMARTS) is 1. The number of hydrogen-bond donors (Lipinski definition) is 1. The highest BCUT2D eigenvalue weighted by molar-refractivity contribution is 5.68. The minimum absolute atomic E-state index is 0.135. The molecular weight excluding hydrogens is 252 g/mol. The number of aryl methyl sites for hydroxylation is 1. The maximum atomic E-state index is 11.1. The Hall–Kier alpha value is -2.10. The molecular formula is C16H18N2O2. The minimum Gasteiger partial charge on any atom is -0.481 e. The van der Waals surface area contributed by atoms with E-state index in [9.17, 15) is 4.79 Å². The van der Waals surface area contributed by atoms with Crippen LogP contribution in [0.3, 0.4) is 0 Å². The summed E-state index contributed by atoms with van der Waals surface area (Å²) >= 11 is 0. The van der Waals surface area contributed by atoms with E-state index < -0.39 is 5.97 Å². The maximum Gasteiger partial charge on any atom is 0.303 e. The first kappa shape index (κ1) is 12.9. The Kier molecular flexibility index (Phi) is 3.30. The number of nitrogens with zero attached hydrogens (tertiary/aromatic N) is 2. The number of hydrogen-bond acceptors (Lipinski definition) is 2. The molecule has 2 aromatic rings. The fourth-order valence-electron chi connectivity index (χ4n) is 2.80. The molecule has 1 aliphatic carbocycles. The molecule has 104 valence electrons. The largest absolute Gasteiger partial charge is 0.481 e. The molecule has 4 nitrogen and oxygen atoms in total. The molecule has 0 aliphatic heterocycles. The molecule has 1 aromatic heterocycles. The Bertz CT molecular complexity index is 629. The number of rotatable bonds is 5. The molecule has 1 aliphatic rings. The molecule has 0 saturated heterocycles. The summed E-state index contributed by atoms with van der Waals surface area (Å²) in [5.74, 6) is 0.885. The highest BCUT2D eigenvalue weighted by Gasteiger charge is 2.33. The van der Waals surface area contributed by atoms with Crippen molar-refractivity contribution in [2.75, 3.05) is 0 Å². The first-order valence-corrected chi connectivity index (χ1v) is 6.97. The van der Waals surface area contributed by atoms with Gasteiger partial charge in [-0.25, -0.2) is 4.98 Å². The van der Waals surface area contributed by atoms with Gasteiger partial charge in [0.05, 0.1) is 6.42 Å². The lowest BCUT2D eigenvalue weighted by molar-refractivity contribution is -0.137. The zero-order valence-electron chi connectivity index (χ0n) is 11.5. The van der Waals surface area contributed by atoms with E-state index in [0.717, 1.165) is 29.9 Å². The quantitative estimate of drug-likeness (QED) is 0.908. The average Bonchev–Trinajstić information content (AvgIpc) is 3.18. The third-order valence-electron chi connectivity index (χ3n) is 3.99. The predicted molar refractivity (Wildman–Crippen MR) is 76.0 cm³/mol. The summed E-state index contributed by atoms with van der Waals surface area (Å²) in [5, 5.41) is 9.10. The highest BCUT2D eigenvalue weighted by Crippen LogP contribution is 2.44. The summed E-state index contributed by atoms with van der Waals surface area (Å²) in [4.78, 5) is 15.3. The summed E-state index contributed by atoms with van der Waals surface area (Å²) in [6.07, 6.45) is 6.21. The van der Waals surface area contributed by atoms with Gasteiger partial charge in [-0.2, -0.15) is 0 Å². The van der Waals surface area contributed by atoms with Gasteiger partial charge in [0.15, 0.2) is 0 Å². The Morgan fingerprint density at radius 2 is 2.30 bits per heavy atom. The van der Waals surface area contributed by atoms with E-state index >= 15 is 0 Å². The summed E-state index contributed by atoms with van der Waals surface area (Å²) in [6.45, 7) is 1.96. The zero-order valence-corrected chi connectivity index (χ0v) is 11.5. The van der Waals surface area contributed by atoms with Gasteiger partial charge in [0.2, 0.25) is 0 Å². The van der Waals surface area contributed by atoms with Gasteiger partial charge in [0, 0.05) is 18.1 Å². The molecule has 1 unspecified atom stereocenters. The molecule has 3 rings (SSSR count). The van der Waals surface area contributed by atoms with Gasteiger partial charge >= 0.3 is 5.97 Å². The Morgan fingerprint density at radius 3 is 2.90 bits per heavy atom. The van der Waals surface area contributed by atoms with Crippen LogP contribution in [0.2, 0.25) is 0 Å². The van der Waals surface area contributed by atoms with Gasteiger partial charge in [-0.05, 0) is 49.3 Å². The second kappa shape index (κ2) is 5.12. The normalized spacial score (nSPS) is 16.1. The first-order chi connectivity index (χ1) is 9.65. The van der Waals surface area contributed by atoms with E-state index in [4.69, 9.17) is 5.11 Å². The lowest BCUT2D eigenvalue weighted by Crippen LogP contribution is -2.09. The van der Waals surface area contributed by atoms with Crippen LogP contribution in [0.5, 0.6) is 0 Å². The van der Waals surface area contributed by atoms with Crippen molar-refractivity contribution in [2.24, 2.45) is 5.92 Å². The summed E-state index contributed by atoms with van der Waals surface area (Å²) in [7, 11) is 0. The number of benzene rings is 1. The van der Waals surface area contributed by atoms with Crippen LogP contribution in [-0.2, 0) is 4.79 Å². The molecule has 0 radical (unpaired) electrons. The van der Waals surface area contributed by atoms with Crippen molar-refractivity contribution in [1.29, 1.82) is 0 Å². The smallest absolute Gasteiger partial charge is 0.303 e. The summed E-state index contributed by atoms with van der Waals surface area (Å²) in [6, 6.07) is 8.17. The molecule has 1 heterocycles. The van der Waals surface area contributed by atoms with Crippen LogP contribution in [0, 0.1) is 12.8 Å². The zero-order chi connectivity index (χ0) is 14.1. The van der Waals surface area contributed by atoms with E-state index in [1.807, 2.05) is 35.9 Å². The Balaban J connectivity index is 1.93. The molecule has 1 aromatic carbocycles. The third kappa shape index (κ3) is 2.59. The topological polar surface area (TPSA) is 55.1 Å². The second-order valence-corrected chi connectivity index (χ2v) is 5.48. The predicted octanol–water partition coefficient (Wildman–Crippen LogP) is 3.15. The number of aliphatic carboxylic acids is 1. The van der Waals surface area contributed by atoms with Crippen LogP contribution in [0.1, 0.15) is 36.6 Å². The lowest BCUT2D eigenvalue weighted by atomic mass is 9.91. The van der Waals surface area contributed by atoms with Crippen LogP contribution in [0.15, 0.2) is 36.7 Å². The van der Waals surface area contributed by atoms with Gasteiger partial charge in [-0.1, -0.05) is 12.1 Å². The van der Waals surface area contributed by atoms with Crippen molar-refractivity contribution in [3.05, 3.63) is 48.0 Å². The van der Waals surface area contributed by atoms with Crippen molar-refractivity contribution in [3.8, 4) is 5.69 Å². The molecule has 1 N–H and O–H groups in total. The third-order valence-corrected chi connectivity index (χ3v) is 3.99. The van der Waals surface area contributed by atoms with E-state index in [2.05, 4.69) is 11.1 Å². The van der Waals surface area contributed by atoms with Crippen LogP contribution >= 0.6 is 0 Å². The Morgan fingerprint density at radius 1 is 1.50 bits per heavy atom. The van der Waals surface area contributed by atoms with E-state index in [1.165, 1.54) is 0 Å². The van der Waals surface area contributed by atoms with Crippen molar-refractivity contribution >= 4 is 5.97 Å². The summed E-state index contributed by atoms with van der Waals surface area (Å²) in [5.41, 5.74) is 2.18. The van der Waals surface area contributed by atoms with Gasteiger partial charge in [-0.3, -0.25) is 4.79 Å². The number of aromatic nitrogens is 2. The van der Waals surface area contributed by atoms with Crippen molar-refractivity contribution in [2.45, 2.75) is 32.1 Å². The molecule has 20 heavy (non-hydrogen) atoms. The van der Waals surface area contributed by atoms with Crippen LogP contribution < -0.4 is 0 Å². The molecule has 0 spiro atoms. The van der Waals surface area contributed by atoms with Crippen molar-refractivity contribution in [3.63, 3.8) is 0 Å². The Labute approximate surface area is 118 Å². The minimum atomic E-state index is -0.717. The van der Waals surface area contributed by atoms with Gasteiger partial charge in [0.1, 0.15) is 5.82 Å². The van der Waals surface area contributed by atoms with E-state index in [1.54, 1.807) is 6.20 Å². The molecule has 0 bridgehead atoms. The SMILES string of the molecule is Cc1nccn1-c1cccc(C(CC(=O)O)C2CC2)c1. The molecule has 1 atom stereocenters. The van der Waals surface area contributed by atoms with Crippen LogP contribution in [0.4, 0.5) is 0 Å². The highest BCUT2D eigenvalue weighted by atomic mass is 16.4. The first-order valence-electron chi connectivity index (χ1n) is 6.97. The van der Waals surface area contributed by atoms with E-state index in [-0.39, 0.29) is 12.3 Å². The summed E-state index contributed by atoms with van der Waals surface area (Å²) < 4.78 is 2.02. The molecule has 0 amide bonds. The molecule has 1 fully saturated rings. The monoisotopic (exact) mass is 270 g/mol. The number of imidazole rings is 1. The molecule has 4 heteroatoms. The van der Waals surface area contributed by atoms with Gasteiger partial charge in [-0.15, -0.1) is 0 Å². The van der Waals surface area contributed by atoms with Crippen molar-refractivity contribution < 1.29 is 9.90 Å². The standard InChI is InChI=1S/C16H18N2O2/c1-11-17-7-8-18(11)14-4-2-3-13(9-14)15(10-16(19)20)12-5-6-12/h2-4,7-9,12,15H,5-6,10H2,1H3,(H,19,20). The van der Waals surface area contributed by atoms with Crippen LogP contribution in [-0.4, -0.2) is 20.6 Å². The number of carboxylic acids is 1. The fourth-order valence-corrected chi connectivity index (χ4v) is 2.80. The second-order valence-electron chi connectivity index (χ2n) is 5.48. The van der Waals surface area contributed by atoms with Crippen LogP contribution in [0.25, 0.3) is 5.69 Å². The molecule has 1 saturated carbocycles. The van der Waals surface area contributed by atoms with E-state index in [0.29, 0.717) is 5.92 Å².